The standard InChI is InChI=1S/C26H35N3O2/c1-2-3-4-8-13-25(30)28-22-14-15-24(29-18-9-10-19-29)23(20-22)26(31)27-17-16-21-11-6-5-7-12-21/h5-7,11-12,14-15,20H,2-4,8-10,13,16-19H2,1H3,(H,27,31)(H,28,30). The number of unbranched alkanes of at least 4 members (excludes halogenated alkanes) is 3. The molecule has 0 atom stereocenters. The molecule has 0 aliphatic carbocycles. The molecular weight excluding hydrogens is 386 g/mol. The smallest absolute Gasteiger partial charge is 0.253 e. The molecule has 2 aromatic rings. The molecule has 0 saturated carbocycles. The van der Waals surface area contributed by atoms with Crippen LogP contribution in [-0.4, -0.2) is 31.4 Å². The number of anilines is 2. The highest BCUT2D eigenvalue weighted by Gasteiger charge is 2.20. The van der Waals surface area contributed by atoms with Crippen LogP contribution in [0.15, 0.2) is 48.5 Å². The van der Waals surface area contributed by atoms with Crippen molar-refractivity contribution >= 4 is 23.2 Å². The van der Waals surface area contributed by atoms with E-state index in [4.69, 9.17) is 0 Å². The van der Waals surface area contributed by atoms with Crippen LogP contribution in [0.25, 0.3) is 0 Å². The van der Waals surface area contributed by atoms with E-state index in [1.54, 1.807) is 0 Å². The average molecular weight is 422 g/mol. The average Bonchev–Trinajstić information content (AvgIpc) is 3.32. The van der Waals surface area contributed by atoms with Crippen molar-refractivity contribution in [3.8, 4) is 0 Å². The van der Waals surface area contributed by atoms with Gasteiger partial charge in [0.2, 0.25) is 5.91 Å². The first-order chi connectivity index (χ1) is 15.2. The first-order valence-electron chi connectivity index (χ1n) is 11.7. The summed E-state index contributed by atoms with van der Waals surface area (Å²) in [5.41, 5.74) is 3.48. The van der Waals surface area contributed by atoms with Crippen LogP contribution in [0, 0.1) is 0 Å². The van der Waals surface area contributed by atoms with E-state index in [0.717, 1.165) is 63.7 Å². The zero-order valence-electron chi connectivity index (χ0n) is 18.7. The highest BCUT2D eigenvalue weighted by atomic mass is 16.2. The molecule has 1 fully saturated rings. The normalized spacial score (nSPS) is 13.3. The maximum absolute atomic E-state index is 13.0. The van der Waals surface area contributed by atoms with E-state index in [0.29, 0.717) is 24.2 Å². The van der Waals surface area contributed by atoms with Gasteiger partial charge >= 0.3 is 0 Å². The van der Waals surface area contributed by atoms with Crippen molar-refractivity contribution in [3.05, 3.63) is 59.7 Å². The number of carbonyl (C=O) groups is 2. The lowest BCUT2D eigenvalue weighted by atomic mass is 10.1. The first kappa shape index (κ1) is 22.9. The maximum atomic E-state index is 13.0. The third kappa shape index (κ3) is 7.12. The Morgan fingerprint density at radius 1 is 0.968 bits per heavy atom. The summed E-state index contributed by atoms with van der Waals surface area (Å²) in [5, 5.41) is 6.04. The van der Waals surface area contributed by atoms with Crippen LogP contribution < -0.4 is 15.5 Å². The van der Waals surface area contributed by atoms with E-state index in [1.807, 2.05) is 36.4 Å². The lowest BCUT2D eigenvalue weighted by Gasteiger charge is -2.22. The summed E-state index contributed by atoms with van der Waals surface area (Å²) < 4.78 is 0. The molecule has 2 N–H and O–H groups in total. The molecule has 0 unspecified atom stereocenters. The van der Waals surface area contributed by atoms with E-state index in [2.05, 4.69) is 34.6 Å². The van der Waals surface area contributed by atoms with Crippen molar-refractivity contribution in [2.24, 2.45) is 0 Å². The minimum absolute atomic E-state index is 0.0143. The SMILES string of the molecule is CCCCCCC(=O)Nc1ccc(N2CCCC2)c(C(=O)NCCc2ccccc2)c1. The van der Waals surface area contributed by atoms with Crippen molar-refractivity contribution in [2.45, 2.75) is 58.3 Å². The maximum Gasteiger partial charge on any atom is 0.253 e. The molecule has 1 aliphatic heterocycles. The Bertz CT molecular complexity index is 845. The fraction of sp³-hybridized carbons (Fsp3) is 0.462. The van der Waals surface area contributed by atoms with E-state index >= 15 is 0 Å². The molecule has 31 heavy (non-hydrogen) atoms. The Balaban J connectivity index is 1.65. The number of rotatable bonds is 11. The summed E-state index contributed by atoms with van der Waals surface area (Å²) >= 11 is 0. The molecule has 0 aromatic heterocycles. The monoisotopic (exact) mass is 421 g/mol. The van der Waals surface area contributed by atoms with Gasteiger partial charge in [-0.15, -0.1) is 0 Å². The first-order valence-corrected chi connectivity index (χ1v) is 11.7. The summed E-state index contributed by atoms with van der Waals surface area (Å²) in [4.78, 5) is 27.6. The van der Waals surface area contributed by atoms with E-state index < -0.39 is 0 Å². The van der Waals surface area contributed by atoms with Crippen LogP contribution in [0.3, 0.4) is 0 Å². The number of hydrogen-bond acceptors (Lipinski definition) is 3. The Labute approximate surface area is 186 Å². The summed E-state index contributed by atoms with van der Waals surface area (Å²) in [5.74, 6) is -0.0719. The molecule has 0 bridgehead atoms. The molecule has 5 heteroatoms. The van der Waals surface area contributed by atoms with Crippen LogP contribution >= 0.6 is 0 Å². The van der Waals surface area contributed by atoms with Gasteiger partial charge in [0.1, 0.15) is 0 Å². The van der Waals surface area contributed by atoms with Crippen LogP contribution in [0.4, 0.5) is 11.4 Å². The van der Waals surface area contributed by atoms with Crippen LogP contribution in [0.1, 0.15) is 67.8 Å². The van der Waals surface area contributed by atoms with Gasteiger partial charge in [-0.1, -0.05) is 56.5 Å². The Morgan fingerprint density at radius 3 is 2.48 bits per heavy atom. The van der Waals surface area contributed by atoms with Crippen molar-refractivity contribution in [1.29, 1.82) is 0 Å². The van der Waals surface area contributed by atoms with Crippen molar-refractivity contribution < 1.29 is 9.59 Å². The Morgan fingerprint density at radius 2 is 1.74 bits per heavy atom. The number of nitrogens with zero attached hydrogens (tertiary/aromatic N) is 1. The van der Waals surface area contributed by atoms with E-state index in [9.17, 15) is 9.59 Å². The molecule has 3 rings (SSSR count). The third-order valence-electron chi connectivity index (χ3n) is 5.77. The minimum Gasteiger partial charge on any atom is -0.371 e. The molecule has 1 aliphatic rings. The lowest BCUT2D eigenvalue weighted by molar-refractivity contribution is -0.116. The number of hydrogen-bond donors (Lipinski definition) is 2. The van der Waals surface area contributed by atoms with Crippen LogP contribution in [0.5, 0.6) is 0 Å². The molecule has 2 amide bonds. The van der Waals surface area contributed by atoms with Crippen molar-refractivity contribution in [1.82, 2.24) is 5.32 Å². The van der Waals surface area contributed by atoms with Gasteiger partial charge in [-0.3, -0.25) is 9.59 Å². The largest absolute Gasteiger partial charge is 0.371 e. The van der Waals surface area contributed by atoms with Gasteiger partial charge in [0.15, 0.2) is 0 Å². The summed E-state index contributed by atoms with van der Waals surface area (Å²) in [6.07, 6.45) is 7.89. The van der Waals surface area contributed by atoms with E-state index in [1.165, 1.54) is 5.56 Å². The summed E-state index contributed by atoms with van der Waals surface area (Å²) in [6, 6.07) is 15.9. The van der Waals surface area contributed by atoms with Gasteiger partial charge in [0, 0.05) is 37.4 Å². The second kappa shape index (κ2) is 12.1. The van der Waals surface area contributed by atoms with Gasteiger partial charge < -0.3 is 15.5 Å². The highest BCUT2D eigenvalue weighted by molar-refractivity contribution is 6.02. The molecule has 166 valence electrons. The number of benzene rings is 2. The number of carbonyl (C=O) groups excluding carboxylic acids is 2. The zero-order valence-corrected chi connectivity index (χ0v) is 18.7. The van der Waals surface area contributed by atoms with Crippen LogP contribution in [-0.2, 0) is 11.2 Å². The molecule has 2 aromatic carbocycles. The fourth-order valence-corrected chi connectivity index (χ4v) is 4.03. The highest BCUT2D eigenvalue weighted by Crippen LogP contribution is 2.27. The van der Waals surface area contributed by atoms with Gasteiger partial charge in [-0.25, -0.2) is 0 Å². The fourth-order valence-electron chi connectivity index (χ4n) is 4.03. The summed E-state index contributed by atoms with van der Waals surface area (Å²) in [6.45, 7) is 4.67. The number of nitrogens with one attached hydrogen (secondary N) is 2. The molecule has 1 saturated heterocycles. The van der Waals surface area contributed by atoms with Crippen molar-refractivity contribution in [2.75, 3.05) is 29.9 Å². The topological polar surface area (TPSA) is 61.4 Å². The zero-order chi connectivity index (χ0) is 21.9. The quantitative estimate of drug-likeness (QED) is 0.492. The van der Waals surface area contributed by atoms with Gasteiger partial charge in [-0.2, -0.15) is 0 Å². The van der Waals surface area contributed by atoms with Crippen LogP contribution in [0.2, 0.25) is 0 Å². The van der Waals surface area contributed by atoms with Gasteiger partial charge in [0.05, 0.1) is 5.56 Å². The predicted molar refractivity (Wildman–Crippen MR) is 128 cm³/mol. The van der Waals surface area contributed by atoms with Crippen molar-refractivity contribution in [3.63, 3.8) is 0 Å². The number of amides is 2. The van der Waals surface area contributed by atoms with Gasteiger partial charge in [-0.05, 0) is 49.4 Å². The predicted octanol–water partition coefficient (Wildman–Crippen LogP) is 5.17. The molecule has 5 nitrogen and oxygen atoms in total. The second-order valence-electron chi connectivity index (χ2n) is 8.28. The lowest BCUT2D eigenvalue weighted by Crippen LogP contribution is -2.29. The molecule has 0 spiro atoms. The molecule has 0 radical (unpaired) electrons. The summed E-state index contributed by atoms with van der Waals surface area (Å²) in [7, 11) is 0. The van der Waals surface area contributed by atoms with Gasteiger partial charge in [0.25, 0.3) is 5.91 Å². The Hall–Kier alpha value is -2.82. The minimum atomic E-state index is -0.0862. The van der Waals surface area contributed by atoms with E-state index in [-0.39, 0.29) is 11.8 Å². The third-order valence-corrected chi connectivity index (χ3v) is 5.77. The second-order valence-corrected chi connectivity index (χ2v) is 8.28. The Kier molecular flexibility index (Phi) is 8.95. The molecule has 1 heterocycles. The molecular formula is C26H35N3O2.